The third-order valence-electron chi connectivity index (χ3n) is 1.06. The van der Waals surface area contributed by atoms with Crippen LogP contribution in [0.1, 0.15) is 6.92 Å². The van der Waals surface area contributed by atoms with Crippen LogP contribution in [0.5, 0.6) is 0 Å². The molecule has 0 aromatic heterocycles. The van der Waals surface area contributed by atoms with Gasteiger partial charge in [0.15, 0.2) is 0 Å². The minimum Gasteiger partial charge on any atom is -0.392 e. The number of hydrogen-bond donors (Lipinski definition) is 3. The molecular formula is C6H10N3O2S. The Morgan fingerprint density at radius 1 is 1.50 bits per heavy atom. The molecule has 67 valence electrons. The van der Waals surface area contributed by atoms with E-state index < -0.39 is 17.9 Å². The van der Waals surface area contributed by atoms with Crippen molar-refractivity contribution in [1.82, 2.24) is 5.32 Å². The van der Waals surface area contributed by atoms with Crippen molar-refractivity contribution in [3.8, 4) is 0 Å². The lowest BCUT2D eigenvalue weighted by atomic mass is 10.3. The third kappa shape index (κ3) is 4.62. The summed E-state index contributed by atoms with van der Waals surface area (Å²) in [6.45, 7) is 1.61. The first kappa shape index (κ1) is 10.8. The Morgan fingerprint density at radius 2 is 2.00 bits per heavy atom. The number of carbonyl (C=O) groups excluding carboxylic acids is 2. The molecule has 0 aromatic carbocycles. The molecule has 0 heterocycles. The maximum Gasteiger partial charge on any atom is 0.234 e. The normalized spacial score (nSPS) is 11.8. The van der Waals surface area contributed by atoms with E-state index in [-0.39, 0.29) is 4.99 Å². The number of amides is 2. The van der Waals surface area contributed by atoms with Gasteiger partial charge in [-0.1, -0.05) is 12.2 Å². The van der Waals surface area contributed by atoms with Gasteiger partial charge in [0.25, 0.3) is 0 Å². The zero-order chi connectivity index (χ0) is 9.72. The number of nitrogens with one attached hydrogen (secondary N) is 1. The largest absolute Gasteiger partial charge is 0.392 e. The summed E-state index contributed by atoms with van der Waals surface area (Å²) in [6.07, 6.45) is 0.731. The molecule has 1 radical (unpaired) electrons. The summed E-state index contributed by atoms with van der Waals surface area (Å²) >= 11 is 4.58. The van der Waals surface area contributed by atoms with E-state index >= 15 is 0 Å². The molecule has 12 heavy (non-hydrogen) atoms. The fourth-order valence-electron chi connectivity index (χ4n) is 0.455. The standard InChI is InChI=1S/C6H10N3O2S/c1-3(6(8)12)9-5(11)2-4(7)10/h2-3H,1H3,(H2,7,10)(H2,8,12)(H,9,11)/t3-/m1/s1. The molecular weight excluding hydrogens is 178 g/mol. The summed E-state index contributed by atoms with van der Waals surface area (Å²) in [5, 5.41) is 2.35. The van der Waals surface area contributed by atoms with Crippen molar-refractivity contribution >= 4 is 29.0 Å². The SMILES string of the molecule is C[C@@H](NC(=O)[CH]C(N)=O)C(N)=S. The Morgan fingerprint density at radius 3 is 2.33 bits per heavy atom. The van der Waals surface area contributed by atoms with Crippen molar-refractivity contribution in [2.75, 3.05) is 0 Å². The van der Waals surface area contributed by atoms with Crippen molar-refractivity contribution in [3.05, 3.63) is 6.42 Å². The first-order valence-electron chi connectivity index (χ1n) is 3.17. The van der Waals surface area contributed by atoms with Gasteiger partial charge in [0.05, 0.1) is 11.0 Å². The van der Waals surface area contributed by atoms with E-state index in [1.807, 2.05) is 0 Å². The van der Waals surface area contributed by atoms with Crippen molar-refractivity contribution in [1.29, 1.82) is 0 Å². The maximum absolute atomic E-state index is 10.8. The van der Waals surface area contributed by atoms with Crippen LogP contribution < -0.4 is 16.8 Å². The number of thiocarbonyl (C=S) groups is 1. The van der Waals surface area contributed by atoms with Crippen LogP contribution in [-0.4, -0.2) is 22.8 Å². The van der Waals surface area contributed by atoms with Crippen LogP contribution in [0, 0.1) is 6.42 Å². The first-order chi connectivity index (χ1) is 5.43. The van der Waals surface area contributed by atoms with E-state index in [9.17, 15) is 9.59 Å². The molecule has 5 N–H and O–H groups in total. The maximum atomic E-state index is 10.8. The lowest BCUT2D eigenvalue weighted by Crippen LogP contribution is -2.42. The van der Waals surface area contributed by atoms with E-state index in [0.29, 0.717) is 0 Å². The molecule has 0 aliphatic heterocycles. The highest BCUT2D eigenvalue weighted by Crippen LogP contribution is 1.83. The zero-order valence-electron chi connectivity index (χ0n) is 6.53. The minimum absolute atomic E-state index is 0.154. The van der Waals surface area contributed by atoms with Gasteiger partial charge < -0.3 is 16.8 Å². The molecule has 0 aliphatic rings. The number of nitrogens with two attached hydrogens (primary N) is 2. The second-order valence-corrected chi connectivity index (χ2v) is 2.65. The Labute approximate surface area is 75.5 Å². The Kier molecular flexibility index (Phi) is 4.20. The van der Waals surface area contributed by atoms with E-state index in [4.69, 9.17) is 11.5 Å². The predicted octanol–water partition coefficient (Wildman–Crippen LogP) is -1.53. The Bertz CT molecular complexity index is 217. The van der Waals surface area contributed by atoms with Crippen LogP contribution in [0.15, 0.2) is 0 Å². The highest BCUT2D eigenvalue weighted by Gasteiger charge is 2.11. The fraction of sp³-hybridized carbons (Fsp3) is 0.333. The van der Waals surface area contributed by atoms with Gasteiger partial charge in [-0.3, -0.25) is 9.59 Å². The van der Waals surface area contributed by atoms with Crippen molar-refractivity contribution < 1.29 is 9.59 Å². The molecule has 0 fully saturated rings. The van der Waals surface area contributed by atoms with Crippen LogP contribution in [0.2, 0.25) is 0 Å². The summed E-state index contributed by atoms with van der Waals surface area (Å²) in [4.78, 5) is 21.1. The number of carbonyl (C=O) groups is 2. The average molecular weight is 188 g/mol. The van der Waals surface area contributed by atoms with E-state index in [1.165, 1.54) is 0 Å². The van der Waals surface area contributed by atoms with E-state index in [2.05, 4.69) is 17.5 Å². The molecule has 2 amide bonds. The summed E-state index contributed by atoms with van der Waals surface area (Å²) in [5.41, 5.74) is 9.93. The molecule has 0 saturated heterocycles. The summed E-state index contributed by atoms with van der Waals surface area (Å²) in [7, 11) is 0. The van der Waals surface area contributed by atoms with Crippen LogP contribution in [-0.2, 0) is 9.59 Å². The molecule has 0 saturated carbocycles. The third-order valence-corrected chi connectivity index (χ3v) is 1.41. The molecule has 6 heteroatoms. The zero-order valence-corrected chi connectivity index (χ0v) is 7.35. The first-order valence-corrected chi connectivity index (χ1v) is 3.58. The monoisotopic (exact) mass is 188 g/mol. The van der Waals surface area contributed by atoms with Crippen molar-refractivity contribution in [3.63, 3.8) is 0 Å². The summed E-state index contributed by atoms with van der Waals surface area (Å²) in [5.74, 6) is -1.40. The lowest BCUT2D eigenvalue weighted by Gasteiger charge is -2.10. The predicted molar refractivity (Wildman–Crippen MR) is 47.9 cm³/mol. The second kappa shape index (κ2) is 4.66. The van der Waals surface area contributed by atoms with Crippen molar-refractivity contribution in [2.24, 2.45) is 11.5 Å². The smallest absolute Gasteiger partial charge is 0.234 e. The quantitative estimate of drug-likeness (QED) is 0.368. The summed E-state index contributed by atoms with van der Waals surface area (Å²) < 4.78 is 0. The lowest BCUT2D eigenvalue weighted by molar-refractivity contribution is -0.122. The summed E-state index contributed by atoms with van der Waals surface area (Å²) in [6, 6.07) is -0.442. The molecule has 0 unspecified atom stereocenters. The van der Waals surface area contributed by atoms with Crippen LogP contribution in [0.3, 0.4) is 0 Å². The van der Waals surface area contributed by atoms with Gasteiger partial charge in [0, 0.05) is 0 Å². The molecule has 0 aromatic rings. The van der Waals surface area contributed by atoms with Crippen LogP contribution in [0.4, 0.5) is 0 Å². The van der Waals surface area contributed by atoms with Crippen molar-refractivity contribution in [2.45, 2.75) is 13.0 Å². The topological polar surface area (TPSA) is 98.2 Å². The minimum atomic E-state index is -0.803. The van der Waals surface area contributed by atoms with Gasteiger partial charge in [-0.15, -0.1) is 0 Å². The van der Waals surface area contributed by atoms with Gasteiger partial charge in [0.2, 0.25) is 11.8 Å². The van der Waals surface area contributed by atoms with Gasteiger partial charge in [0.1, 0.15) is 6.42 Å². The molecule has 5 nitrogen and oxygen atoms in total. The van der Waals surface area contributed by atoms with Gasteiger partial charge >= 0.3 is 0 Å². The molecule has 0 rings (SSSR count). The number of primary amides is 1. The van der Waals surface area contributed by atoms with E-state index in [1.54, 1.807) is 6.92 Å². The van der Waals surface area contributed by atoms with Crippen LogP contribution >= 0.6 is 12.2 Å². The molecule has 0 aliphatic carbocycles. The number of hydrogen-bond acceptors (Lipinski definition) is 3. The highest BCUT2D eigenvalue weighted by atomic mass is 32.1. The fourth-order valence-corrected chi connectivity index (χ4v) is 0.514. The second-order valence-electron chi connectivity index (χ2n) is 2.18. The van der Waals surface area contributed by atoms with Gasteiger partial charge in [-0.05, 0) is 6.92 Å². The van der Waals surface area contributed by atoms with Crippen LogP contribution in [0.25, 0.3) is 0 Å². The average Bonchev–Trinajstić information content (AvgIpc) is 1.84. The molecule has 1 atom stereocenters. The molecule has 0 bridgehead atoms. The number of rotatable bonds is 4. The van der Waals surface area contributed by atoms with Gasteiger partial charge in [-0.2, -0.15) is 0 Å². The van der Waals surface area contributed by atoms with E-state index in [0.717, 1.165) is 6.42 Å². The highest BCUT2D eigenvalue weighted by molar-refractivity contribution is 7.80. The Balaban J connectivity index is 3.85. The molecule has 0 spiro atoms. The van der Waals surface area contributed by atoms with Gasteiger partial charge in [-0.25, -0.2) is 0 Å². The Hall–Kier alpha value is -1.17.